The monoisotopic (exact) mass is 291 g/mol. The molecule has 5 nitrogen and oxygen atoms in total. The van der Waals surface area contributed by atoms with Crippen molar-refractivity contribution in [2.45, 2.75) is 45.1 Å². The maximum absolute atomic E-state index is 11.8. The van der Waals surface area contributed by atoms with Crippen LogP contribution in [0.15, 0.2) is 18.2 Å². The summed E-state index contributed by atoms with van der Waals surface area (Å²) in [7, 11) is 0. The minimum absolute atomic E-state index is 0.0684. The summed E-state index contributed by atoms with van der Waals surface area (Å²) < 4.78 is 5.48. The van der Waals surface area contributed by atoms with Crippen LogP contribution in [-0.2, 0) is 22.4 Å². The number of carboxylic acid groups (broad SMARTS) is 1. The number of hydrogen-bond donors (Lipinski definition) is 2. The molecule has 0 fully saturated rings. The maximum atomic E-state index is 11.8. The Morgan fingerprint density at radius 2 is 2.10 bits per heavy atom. The van der Waals surface area contributed by atoms with Gasteiger partial charge in [-0.25, -0.2) is 0 Å². The number of aliphatic carboxylic acids is 1. The lowest BCUT2D eigenvalue weighted by molar-refractivity contribution is -0.137. The van der Waals surface area contributed by atoms with E-state index in [1.807, 2.05) is 19.1 Å². The number of carboxylic acids is 1. The Morgan fingerprint density at radius 1 is 1.33 bits per heavy atom. The van der Waals surface area contributed by atoms with Crippen molar-refractivity contribution in [2.75, 3.05) is 6.61 Å². The van der Waals surface area contributed by atoms with Crippen molar-refractivity contribution in [1.29, 1.82) is 0 Å². The summed E-state index contributed by atoms with van der Waals surface area (Å²) in [5.74, 6) is -0.512. The van der Waals surface area contributed by atoms with E-state index in [-0.39, 0.29) is 25.0 Å². The van der Waals surface area contributed by atoms with Crippen molar-refractivity contribution in [3.63, 3.8) is 0 Å². The van der Waals surface area contributed by atoms with Gasteiger partial charge in [-0.3, -0.25) is 9.59 Å². The van der Waals surface area contributed by atoms with E-state index in [4.69, 9.17) is 9.84 Å². The van der Waals surface area contributed by atoms with E-state index in [2.05, 4.69) is 11.4 Å². The van der Waals surface area contributed by atoms with Crippen LogP contribution in [0.1, 0.15) is 37.3 Å². The van der Waals surface area contributed by atoms with Gasteiger partial charge in [0, 0.05) is 6.04 Å². The third-order valence-electron chi connectivity index (χ3n) is 3.72. The smallest absolute Gasteiger partial charge is 0.305 e. The minimum atomic E-state index is -0.915. The van der Waals surface area contributed by atoms with Gasteiger partial charge >= 0.3 is 5.97 Å². The predicted molar refractivity (Wildman–Crippen MR) is 78.4 cm³/mol. The summed E-state index contributed by atoms with van der Waals surface area (Å²) in [6.45, 7) is 1.75. The predicted octanol–water partition coefficient (Wildman–Crippen LogP) is 1.92. The molecule has 0 bridgehead atoms. The third kappa shape index (κ3) is 4.48. The number of rotatable bonds is 7. The van der Waals surface area contributed by atoms with Gasteiger partial charge in [0.15, 0.2) is 6.61 Å². The first-order valence-corrected chi connectivity index (χ1v) is 7.34. The molecule has 2 N–H and O–H groups in total. The van der Waals surface area contributed by atoms with Gasteiger partial charge in [0.1, 0.15) is 5.75 Å². The van der Waals surface area contributed by atoms with Gasteiger partial charge in [-0.2, -0.15) is 0 Å². The number of carbonyl (C=O) groups is 2. The highest BCUT2D eigenvalue weighted by Gasteiger charge is 2.15. The largest absolute Gasteiger partial charge is 0.484 e. The second kappa shape index (κ2) is 7.11. The topological polar surface area (TPSA) is 75.6 Å². The van der Waals surface area contributed by atoms with Crippen LogP contribution in [0, 0.1) is 0 Å². The number of carbonyl (C=O) groups excluding carboxylic acids is 1. The molecule has 114 valence electrons. The zero-order valence-corrected chi connectivity index (χ0v) is 12.2. The van der Waals surface area contributed by atoms with Gasteiger partial charge in [0.05, 0.1) is 6.42 Å². The fourth-order valence-corrected chi connectivity index (χ4v) is 2.56. The maximum Gasteiger partial charge on any atom is 0.305 e. The zero-order valence-electron chi connectivity index (χ0n) is 12.2. The second-order valence-corrected chi connectivity index (χ2v) is 5.34. The average Bonchev–Trinajstić information content (AvgIpc) is 2.91. The molecule has 1 aromatic rings. The molecule has 1 atom stereocenters. The van der Waals surface area contributed by atoms with Crippen molar-refractivity contribution in [1.82, 2.24) is 5.32 Å². The van der Waals surface area contributed by atoms with E-state index in [0.29, 0.717) is 12.2 Å². The number of fused-ring (bicyclic) bond motifs is 1. The van der Waals surface area contributed by atoms with Crippen molar-refractivity contribution in [3.8, 4) is 5.75 Å². The number of hydrogen-bond acceptors (Lipinski definition) is 3. The molecular formula is C16H21NO4. The molecule has 21 heavy (non-hydrogen) atoms. The van der Waals surface area contributed by atoms with Crippen molar-refractivity contribution in [2.24, 2.45) is 0 Å². The van der Waals surface area contributed by atoms with Crippen LogP contribution in [0.4, 0.5) is 0 Å². The standard InChI is InChI=1S/C16H21NO4/c1-2-13(9-16(19)20)17-15(18)10-21-14-7-6-11-4-3-5-12(11)8-14/h6-8,13H,2-5,9-10H2,1H3,(H,17,18)(H,19,20). The number of ether oxygens (including phenoxy) is 1. The highest BCUT2D eigenvalue weighted by atomic mass is 16.5. The molecule has 0 saturated carbocycles. The lowest BCUT2D eigenvalue weighted by atomic mass is 10.1. The quantitative estimate of drug-likeness (QED) is 0.805. The van der Waals surface area contributed by atoms with Crippen LogP contribution >= 0.6 is 0 Å². The van der Waals surface area contributed by atoms with E-state index in [0.717, 1.165) is 12.8 Å². The van der Waals surface area contributed by atoms with E-state index < -0.39 is 5.97 Å². The third-order valence-corrected chi connectivity index (χ3v) is 3.72. The van der Waals surface area contributed by atoms with Gasteiger partial charge < -0.3 is 15.2 Å². The lowest BCUT2D eigenvalue weighted by Crippen LogP contribution is -2.38. The molecule has 2 rings (SSSR count). The zero-order chi connectivity index (χ0) is 15.2. The summed E-state index contributed by atoms with van der Waals surface area (Å²) in [6.07, 6.45) is 3.86. The Bertz CT molecular complexity index is 527. The molecule has 1 aromatic carbocycles. The van der Waals surface area contributed by atoms with Crippen LogP contribution in [0.3, 0.4) is 0 Å². The molecule has 0 aliphatic heterocycles. The van der Waals surface area contributed by atoms with Gasteiger partial charge in [0.25, 0.3) is 5.91 Å². The number of amides is 1. The summed E-state index contributed by atoms with van der Waals surface area (Å²) in [5, 5.41) is 11.4. The molecule has 1 aliphatic carbocycles. The van der Waals surface area contributed by atoms with Crippen molar-refractivity contribution >= 4 is 11.9 Å². The number of benzene rings is 1. The Labute approximate surface area is 124 Å². The summed E-state index contributed by atoms with van der Waals surface area (Å²) in [5.41, 5.74) is 2.66. The van der Waals surface area contributed by atoms with Crippen molar-refractivity contribution in [3.05, 3.63) is 29.3 Å². The second-order valence-electron chi connectivity index (χ2n) is 5.34. The fourth-order valence-electron chi connectivity index (χ4n) is 2.56. The molecule has 1 aliphatic rings. The molecule has 0 aromatic heterocycles. The Morgan fingerprint density at radius 3 is 2.81 bits per heavy atom. The molecule has 0 heterocycles. The van der Waals surface area contributed by atoms with Crippen molar-refractivity contribution < 1.29 is 19.4 Å². The van der Waals surface area contributed by atoms with Gasteiger partial charge in [-0.1, -0.05) is 13.0 Å². The van der Waals surface area contributed by atoms with Crippen LogP contribution in [-0.4, -0.2) is 29.6 Å². The fraction of sp³-hybridized carbons (Fsp3) is 0.500. The highest BCUT2D eigenvalue weighted by molar-refractivity contribution is 5.78. The Hall–Kier alpha value is -2.04. The lowest BCUT2D eigenvalue weighted by Gasteiger charge is -2.15. The molecule has 0 radical (unpaired) electrons. The van der Waals surface area contributed by atoms with Gasteiger partial charge in [-0.05, 0) is 48.9 Å². The van der Waals surface area contributed by atoms with E-state index >= 15 is 0 Å². The normalized spacial score (nSPS) is 14.3. The number of nitrogens with one attached hydrogen (secondary N) is 1. The van der Waals surface area contributed by atoms with Crippen LogP contribution in [0.5, 0.6) is 5.75 Å². The molecule has 1 unspecified atom stereocenters. The van der Waals surface area contributed by atoms with Crippen LogP contribution in [0.25, 0.3) is 0 Å². The van der Waals surface area contributed by atoms with Crippen LogP contribution < -0.4 is 10.1 Å². The SMILES string of the molecule is CCC(CC(=O)O)NC(=O)COc1ccc2c(c1)CCC2. The molecular weight excluding hydrogens is 270 g/mol. The molecule has 0 saturated heterocycles. The molecule has 0 spiro atoms. The molecule has 1 amide bonds. The Kier molecular flexibility index (Phi) is 5.20. The summed E-state index contributed by atoms with van der Waals surface area (Å²) in [4.78, 5) is 22.4. The van der Waals surface area contributed by atoms with Gasteiger partial charge in [0.2, 0.25) is 0 Å². The van der Waals surface area contributed by atoms with E-state index in [1.54, 1.807) is 0 Å². The number of aryl methyl sites for hydroxylation is 2. The van der Waals surface area contributed by atoms with Crippen LogP contribution in [0.2, 0.25) is 0 Å². The first-order chi connectivity index (χ1) is 10.1. The summed E-state index contributed by atoms with van der Waals surface area (Å²) >= 11 is 0. The van der Waals surface area contributed by atoms with E-state index in [9.17, 15) is 9.59 Å². The first-order valence-electron chi connectivity index (χ1n) is 7.34. The van der Waals surface area contributed by atoms with Gasteiger partial charge in [-0.15, -0.1) is 0 Å². The van der Waals surface area contributed by atoms with E-state index in [1.165, 1.54) is 17.5 Å². The minimum Gasteiger partial charge on any atom is -0.484 e. The molecule has 5 heteroatoms. The summed E-state index contributed by atoms with van der Waals surface area (Å²) in [6, 6.07) is 5.57. The Balaban J connectivity index is 1.82. The average molecular weight is 291 g/mol. The highest BCUT2D eigenvalue weighted by Crippen LogP contribution is 2.25. The first kappa shape index (κ1) is 15.4.